The highest BCUT2D eigenvalue weighted by Crippen LogP contribution is 2.19. The van der Waals surface area contributed by atoms with Crippen LogP contribution in [0.1, 0.15) is 41.3 Å². The van der Waals surface area contributed by atoms with Crippen LogP contribution in [-0.4, -0.2) is 29.0 Å². The molecule has 1 amide bonds. The van der Waals surface area contributed by atoms with Crippen molar-refractivity contribution >= 4 is 5.91 Å². The van der Waals surface area contributed by atoms with Gasteiger partial charge in [-0.3, -0.25) is 4.79 Å². The number of aromatic hydroxyl groups is 1. The van der Waals surface area contributed by atoms with Crippen molar-refractivity contribution < 1.29 is 9.90 Å². The van der Waals surface area contributed by atoms with Gasteiger partial charge in [0.05, 0.1) is 0 Å². The smallest absolute Gasteiger partial charge is 0.253 e. The van der Waals surface area contributed by atoms with E-state index < -0.39 is 0 Å². The van der Waals surface area contributed by atoms with Crippen molar-refractivity contribution in [2.75, 3.05) is 13.1 Å². The summed E-state index contributed by atoms with van der Waals surface area (Å²) < 4.78 is 0. The van der Waals surface area contributed by atoms with Crippen LogP contribution in [0, 0.1) is 5.92 Å². The third kappa shape index (κ3) is 3.92. The van der Waals surface area contributed by atoms with Crippen LogP contribution in [0.3, 0.4) is 0 Å². The molecule has 1 aliphatic heterocycles. The molecule has 0 spiro atoms. The Labute approximate surface area is 137 Å². The SMILES string of the molecule is CC1CCN(C(=O)c2ccc(Cc3cccc(O)c3)cc2)CC1. The monoisotopic (exact) mass is 309 g/mol. The Kier molecular flexibility index (Phi) is 4.65. The Balaban J connectivity index is 1.66. The molecule has 1 fully saturated rings. The minimum atomic E-state index is 0.140. The molecule has 0 aliphatic carbocycles. The van der Waals surface area contributed by atoms with Crippen LogP contribution in [0.5, 0.6) is 5.75 Å². The lowest BCUT2D eigenvalue weighted by Gasteiger charge is -2.30. The molecule has 3 rings (SSSR count). The Hall–Kier alpha value is -2.29. The molecule has 2 aromatic carbocycles. The molecule has 0 aromatic heterocycles. The summed E-state index contributed by atoms with van der Waals surface area (Å²) in [5.41, 5.74) is 2.97. The minimum Gasteiger partial charge on any atom is -0.508 e. The maximum atomic E-state index is 12.5. The summed E-state index contributed by atoms with van der Waals surface area (Å²) in [6.07, 6.45) is 2.95. The van der Waals surface area contributed by atoms with Crippen LogP contribution >= 0.6 is 0 Å². The number of hydrogen-bond acceptors (Lipinski definition) is 2. The molecule has 1 aliphatic rings. The second kappa shape index (κ2) is 6.86. The minimum absolute atomic E-state index is 0.140. The molecule has 0 bridgehead atoms. The van der Waals surface area contributed by atoms with Crippen molar-refractivity contribution in [1.82, 2.24) is 4.90 Å². The Morgan fingerprint density at radius 3 is 2.43 bits per heavy atom. The van der Waals surface area contributed by atoms with Gasteiger partial charge in [-0.15, -0.1) is 0 Å². The zero-order valence-electron chi connectivity index (χ0n) is 13.5. The van der Waals surface area contributed by atoms with Gasteiger partial charge in [-0.1, -0.05) is 31.2 Å². The largest absolute Gasteiger partial charge is 0.508 e. The Morgan fingerprint density at radius 1 is 1.09 bits per heavy atom. The van der Waals surface area contributed by atoms with Crippen molar-refractivity contribution in [3.05, 3.63) is 65.2 Å². The number of phenolic OH excluding ortho intramolecular Hbond substituents is 1. The van der Waals surface area contributed by atoms with Crippen LogP contribution in [0.2, 0.25) is 0 Å². The predicted molar refractivity (Wildman–Crippen MR) is 91.7 cm³/mol. The average Bonchev–Trinajstić information content (AvgIpc) is 2.56. The maximum absolute atomic E-state index is 12.5. The third-order valence-electron chi connectivity index (χ3n) is 4.59. The second-order valence-corrected chi connectivity index (χ2v) is 6.52. The van der Waals surface area contributed by atoms with Gasteiger partial charge in [-0.2, -0.15) is 0 Å². The van der Waals surface area contributed by atoms with Gasteiger partial charge in [0.1, 0.15) is 5.75 Å². The van der Waals surface area contributed by atoms with E-state index in [1.54, 1.807) is 12.1 Å². The van der Waals surface area contributed by atoms with E-state index in [-0.39, 0.29) is 11.7 Å². The van der Waals surface area contributed by atoms with E-state index in [0.717, 1.165) is 55.0 Å². The molecule has 0 atom stereocenters. The molecule has 3 heteroatoms. The average molecular weight is 309 g/mol. The molecule has 3 nitrogen and oxygen atoms in total. The van der Waals surface area contributed by atoms with Gasteiger partial charge in [-0.05, 0) is 60.6 Å². The molecule has 0 saturated carbocycles. The molecule has 1 N–H and O–H groups in total. The van der Waals surface area contributed by atoms with E-state index in [4.69, 9.17) is 0 Å². The van der Waals surface area contributed by atoms with Gasteiger partial charge in [0.2, 0.25) is 0 Å². The number of nitrogens with zero attached hydrogens (tertiary/aromatic N) is 1. The van der Waals surface area contributed by atoms with E-state index in [2.05, 4.69) is 6.92 Å². The Bertz CT molecular complexity index is 670. The summed E-state index contributed by atoms with van der Waals surface area (Å²) in [6, 6.07) is 15.1. The summed E-state index contributed by atoms with van der Waals surface area (Å²) in [5, 5.41) is 9.52. The van der Waals surface area contributed by atoms with Crippen LogP contribution in [0.15, 0.2) is 48.5 Å². The van der Waals surface area contributed by atoms with Crippen molar-refractivity contribution in [3.63, 3.8) is 0 Å². The first-order chi connectivity index (χ1) is 11.1. The fourth-order valence-electron chi connectivity index (χ4n) is 3.06. The highest BCUT2D eigenvalue weighted by Gasteiger charge is 2.21. The number of hydrogen-bond donors (Lipinski definition) is 1. The van der Waals surface area contributed by atoms with E-state index >= 15 is 0 Å². The van der Waals surface area contributed by atoms with Crippen molar-refractivity contribution in [3.8, 4) is 5.75 Å². The molecule has 1 heterocycles. The summed E-state index contributed by atoms with van der Waals surface area (Å²) >= 11 is 0. The van der Waals surface area contributed by atoms with E-state index in [0.29, 0.717) is 0 Å². The van der Waals surface area contributed by atoms with Gasteiger partial charge in [0.15, 0.2) is 0 Å². The van der Waals surface area contributed by atoms with Crippen LogP contribution in [-0.2, 0) is 6.42 Å². The number of benzene rings is 2. The topological polar surface area (TPSA) is 40.5 Å². The van der Waals surface area contributed by atoms with Crippen molar-refractivity contribution in [1.29, 1.82) is 0 Å². The van der Waals surface area contributed by atoms with E-state index in [1.165, 1.54) is 0 Å². The van der Waals surface area contributed by atoms with Gasteiger partial charge in [-0.25, -0.2) is 0 Å². The fourth-order valence-corrected chi connectivity index (χ4v) is 3.06. The maximum Gasteiger partial charge on any atom is 0.253 e. The summed E-state index contributed by atoms with van der Waals surface area (Å²) in [4.78, 5) is 14.5. The number of carbonyl (C=O) groups is 1. The van der Waals surface area contributed by atoms with Gasteiger partial charge >= 0.3 is 0 Å². The van der Waals surface area contributed by atoms with Crippen LogP contribution in [0.25, 0.3) is 0 Å². The first-order valence-electron chi connectivity index (χ1n) is 8.28. The second-order valence-electron chi connectivity index (χ2n) is 6.52. The highest BCUT2D eigenvalue weighted by molar-refractivity contribution is 5.94. The summed E-state index contributed by atoms with van der Waals surface area (Å²) in [5.74, 6) is 1.15. The molecular weight excluding hydrogens is 286 g/mol. The van der Waals surface area contributed by atoms with Gasteiger partial charge < -0.3 is 10.0 Å². The third-order valence-corrected chi connectivity index (χ3v) is 4.59. The number of carbonyl (C=O) groups excluding carboxylic acids is 1. The van der Waals surface area contributed by atoms with Crippen molar-refractivity contribution in [2.45, 2.75) is 26.2 Å². The number of rotatable bonds is 3. The number of likely N-dealkylation sites (tertiary alicyclic amines) is 1. The molecule has 2 aromatic rings. The standard InChI is InChI=1S/C20H23NO2/c1-15-9-11-21(12-10-15)20(23)18-7-5-16(6-8-18)13-17-3-2-4-19(22)14-17/h2-8,14-15,22H,9-13H2,1H3. The van der Waals surface area contributed by atoms with Crippen LogP contribution < -0.4 is 0 Å². The zero-order valence-corrected chi connectivity index (χ0v) is 13.5. The highest BCUT2D eigenvalue weighted by atomic mass is 16.3. The summed E-state index contributed by atoms with van der Waals surface area (Å²) in [7, 11) is 0. The quantitative estimate of drug-likeness (QED) is 0.935. The molecule has 120 valence electrons. The molecule has 0 radical (unpaired) electrons. The first kappa shape index (κ1) is 15.6. The van der Waals surface area contributed by atoms with Crippen molar-refractivity contribution in [2.24, 2.45) is 5.92 Å². The zero-order chi connectivity index (χ0) is 16.2. The van der Waals surface area contributed by atoms with Crippen LogP contribution in [0.4, 0.5) is 0 Å². The Morgan fingerprint density at radius 2 is 1.78 bits per heavy atom. The lowest BCUT2D eigenvalue weighted by molar-refractivity contribution is 0.0697. The molecule has 0 unspecified atom stereocenters. The lowest BCUT2D eigenvalue weighted by Crippen LogP contribution is -2.37. The normalized spacial score (nSPS) is 15.6. The number of amides is 1. The first-order valence-corrected chi connectivity index (χ1v) is 8.28. The van der Waals surface area contributed by atoms with E-state index in [9.17, 15) is 9.90 Å². The predicted octanol–water partition coefficient (Wildman–Crippen LogP) is 3.86. The van der Waals surface area contributed by atoms with Gasteiger partial charge in [0, 0.05) is 18.7 Å². The number of phenols is 1. The molecule has 1 saturated heterocycles. The number of piperidine rings is 1. The van der Waals surface area contributed by atoms with Gasteiger partial charge in [0.25, 0.3) is 5.91 Å². The molecular formula is C20H23NO2. The fraction of sp³-hybridized carbons (Fsp3) is 0.350. The lowest BCUT2D eigenvalue weighted by atomic mass is 9.98. The summed E-state index contributed by atoms with van der Waals surface area (Å²) in [6.45, 7) is 3.98. The van der Waals surface area contributed by atoms with E-state index in [1.807, 2.05) is 41.3 Å². The molecule has 23 heavy (non-hydrogen) atoms.